The molecular formula is C29H25Cl2F4N5O4. The predicted molar refractivity (Wildman–Crippen MR) is 154 cm³/mol. The zero-order chi connectivity index (χ0) is 31.9. The Morgan fingerprint density at radius 2 is 1.95 bits per heavy atom. The van der Waals surface area contributed by atoms with E-state index < -0.39 is 40.6 Å². The molecule has 2 heterocycles. The molecule has 0 unspecified atom stereocenters. The topological polar surface area (TPSA) is 132 Å². The molecule has 0 saturated heterocycles. The summed E-state index contributed by atoms with van der Waals surface area (Å²) in [6, 6.07) is 6.04. The molecule has 4 aromatic rings. The van der Waals surface area contributed by atoms with Gasteiger partial charge in [-0.2, -0.15) is 13.9 Å². The molecule has 0 spiro atoms. The number of nitrogens with one attached hydrogen (secondary N) is 1. The summed E-state index contributed by atoms with van der Waals surface area (Å²) in [6.07, 6.45) is 1.80. The Kier molecular flexibility index (Phi) is 8.74. The van der Waals surface area contributed by atoms with Crippen LogP contribution in [0.25, 0.3) is 22.2 Å². The highest BCUT2D eigenvalue weighted by molar-refractivity contribution is 6.35. The van der Waals surface area contributed by atoms with Crippen LogP contribution < -0.4 is 15.8 Å². The van der Waals surface area contributed by atoms with Gasteiger partial charge in [-0.05, 0) is 56.0 Å². The second-order valence-electron chi connectivity index (χ2n) is 10.3. The van der Waals surface area contributed by atoms with Gasteiger partial charge in [0.05, 0.1) is 30.3 Å². The first-order chi connectivity index (χ1) is 20.8. The Bertz CT molecular complexity index is 1780. The van der Waals surface area contributed by atoms with Gasteiger partial charge in [-0.3, -0.25) is 9.59 Å². The number of carbonyl (C=O) groups is 2. The van der Waals surface area contributed by atoms with E-state index in [1.807, 2.05) is 0 Å². The van der Waals surface area contributed by atoms with Crippen molar-refractivity contribution in [3.63, 3.8) is 0 Å². The molecule has 1 atom stereocenters. The summed E-state index contributed by atoms with van der Waals surface area (Å²) in [5, 5.41) is 17.7. The summed E-state index contributed by atoms with van der Waals surface area (Å²) in [5.74, 6) is -3.97. The highest BCUT2D eigenvalue weighted by Crippen LogP contribution is 2.47. The van der Waals surface area contributed by atoms with E-state index in [-0.39, 0.29) is 75.2 Å². The number of hydrogen-bond acceptors (Lipinski definition) is 6. The number of amides is 2. The maximum atomic E-state index is 15.3. The molecule has 1 saturated carbocycles. The number of pyridine rings is 1. The number of fused-ring (bicyclic) bond motifs is 1. The number of carbonyl (C=O) groups excluding carboxylic acids is 2. The molecule has 15 heteroatoms. The second kappa shape index (κ2) is 12.2. The van der Waals surface area contributed by atoms with Crippen molar-refractivity contribution >= 4 is 45.9 Å². The van der Waals surface area contributed by atoms with Gasteiger partial charge in [-0.25, -0.2) is 18.4 Å². The molecule has 9 nitrogen and oxygen atoms in total. The van der Waals surface area contributed by atoms with Crippen LogP contribution in [0.1, 0.15) is 47.9 Å². The Morgan fingerprint density at radius 1 is 1.23 bits per heavy atom. The van der Waals surface area contributed by atoms with E-state index in [9.17, 15) is 27.9 Å². The summed E-state index contributed by atoms with van der Waals surface area (Å²) in [7, 11) is 0. The molecule has 0 aliphatic heterocycles. The quantitative estimate of drug-likeness (QED) is 0.144. The smallest absolute Gasteiger partial charge is 0.333 e. The minimum absolute atomic E-state index is 0.00824. The van der Waals surface area contributed by atoms with Crippen molar-refractivity contribution in [1.82, 2.24) is 20.1 Å². The van der Waals surface area contributed by atoms with Gasteiger partial charge in [0.1, 0.15) is 33.4 Å². The first-order valence-corrected chi connectivity index (χ1v) is 14.2. The van der Waals surface area contributed by atoms with Crippen molar-refractivity contribution in [1.29, 1.82) is 0 Å². The third-order valence-electron chi connectivity index (χ3n) is 7.25. The van der Waals surface area contributed by atoms with Gasteiger partial charge in [0, 0.05) is 28.3 Å². The van der Waals surface area contributed by atoms with Gasteiger partial charge < -0.3 is 20.9 Å². The number of nitrogens with zero attached hydrogens (tertiary/aromatic N) is 3. The van der Waals surface area contributed by atoms with Gasteiger partial charge in [-0.1, -0.05) is 23.2 Å². The Balaban J connectivity index is 1.55. The fourth-order valence-electron chi connectivity index (χ4n) is 4.99. The van der Waals surface area contributed by atoms with Crippen molar-refractivity contribution in [2.45, 2.75) is 38.3 Å². The summed E-state index contributed by atoms with van der Waals surface area (Å²) >= 11 is 12.0. The standard InChI is InChI=1S/C29H25Cl2F4N5O4/c1-2-44-26-13(10-21(36)41)9-20(38-25(26)17-5-6-19(32)22(31)23(17)33)29(43,16-3-4-16)12-37-27(42)14-7-15-11-40(28(34)35)39-24(15)18(30)8-14/h5-9,11,16,28,43H,2-4,10,12H2,1H3,(H2,36,41)(H,37,42)/t29-/m1/s1. The number of hydrogen-bond donors (Lipinski definition) is 3. The molecule has 1 aliphatic carbocycles. The number of aromatic nitrogens is 3. The van der Waals surface area contributed by atoms with E-state index in [0.29, 0.717) is 17.5 Å². The third-order valence-corrected chi connectivity index (χ3v) is 7.88. The number of rotatable bonds is 11. The highest BCUT2D eigenvalue weighted by Gasteiger charge is 2.47. The lowest BCUT2D eigenvalue weighted by Gasteiger charge is -2.30. The number of nitrogens with two attached hydrogens (primary N) is 1. The van der Waals surface area contributed by atoms with Crippen molar-refractivity contribution in [2.24, 2.45) is 11.7 Å². The van der Waals surface area contributed by atoms with E-state index >= 15 is 4.39 Å². The molecule has 4 N–H and O–H groups in total. The van der Waals surface area contributed by atoms with Crippen LogP contribution >= 0.6 is 23.2 Å². The molecule has 2 aromatic carbocycles. The minimum Gasteiger partial charge on any atom is -0.491 e. The normalized spacial score (nSPS) is 14.6. The molecular weight excluding hydrogens is 629 g/mol. The van der Waals surface area contributed by atoms with E-state index in [4.69, 9.17) is 33.7 Å². The summed E-state index contributed by atoms with van der Waals surface area (Å²) in [4.78, 5) is 29.7. The minimum atomic E-state index is -2.91. The number of primary amides is 1. The molecule has 1 aliphatic rings. The molecule has 2 aromatic heterocycles. The van der Waals surface area contributed by atoms with E-state index in [2.05, 4.69) is 15.4 Å². The van der Waals surface area contributed by atoms with Crippen LogP contribution in [0.5, 0.6) is 5.75 Å². The molecule has 44 heavy (non-hydrogen) atoms. The van der Waals surface area contributed by atoms with Crippen LogP contribution in [0.15, 0.2) is 36.5 Å². The second-order valence-corrected chi connectivity index (χ2v) is 11.1. The monoisotopic (exact) mass is 653 g/mol. The molecule has 232 valence electrons. The van der Waals surface area contributed by atoms with Gasteiger partial charge in [0.2, 0.25) is 5.91 Å². The van der Waals surface area contributed by atoms with Crippen LogP contribution in [-0.4, -0.2) is 44.8 Å². The lowest BCUT2D eigenvalue weighted by molar-refractivity contribution is -0.117. The summed E-state index contributed by atoms with van der Waals surface area (Å²) in [5.41, 5.74) is 3.51. The van der Waals surface area contributed by atoms with Crippen LogP contribution in [-0.2, 0) is 16.8 Å². The first kappa shape index (κ1) is 31.5. The number of benzene rings is 2. The maximum Gasteiger partial charge on any atom is 0.333 e. The summed E-state index contributed by atoms with van der Waals surface area (Å²) in [6.45, 7) is -1.55. The Hall–Kier alpha value is -3.94. The molecule has 0 bridgehead atoms. The largest absolute Gasteiger partial charge is 0.491 e. The SMILES string of the molecule is CCOc1c(CC(N)=O)cc([C@@](O)(CNC(=O)c2cc(Cl)c3nn(C(F)F)cc3c2)C2CC2)nc1-c1ccc(F)c(Cl)c1F. The molecule has 0 radical (unpaired) electrons. The molecule has 1 fully saturated rings. The van der Waals surface area contributed by atoms with Gasteiger partial charge in [0.25, 0.3) is 5.91 Å². The Morgan fingerprint density at radius 3 is 2.59 bits per heavy atom. The van der Waals surface area contributed by atoms with Crippen LogP contribution in [0.3, 0.4) is 0 Å². The molecule has 5 rings (SSSR count). The number of halogens is 6. The maximum absolute atomic E-state index is 15.3. The van der Waals surface area contributed by atoms with Crippen LogP contribution in [0, 0.1) is 17.6 Å². The third kappa shape index (κ3) is 6.04. The number of aliphatic hydroxyl groups is 1. The van der Waals surface area contributed by atoms with E-state index in [1.54, 1.807) is 6.92 Å². The average molecular weight is 654 g/mol. The fourth-order valence-corrected chi connectivity index (χ4v) is 5.42. The van der Waals surface area contributed by atoms with Crippen LogP contribution in [0.2, 0.25) is 10.0 Å². The zero-order valence-electron chi connectivity index (χ0n) is 23.0. The summed E-state index contributed by atoms with van der Waals surface area (Å²) < 4.78 is 61.6. The van der Waals surface area contributed by atoms with E-state index in [1.165, 1.54) is 18.2 Å². The van der Waals surface area contributed by atoms with Gasteiger partial charge in [-0.15, -0.1) is 0 Å². The average Bonchev–Trinajstić information content (AvgIpc) is 3.74. The predicted octanol–water partition coefficient (Wildman–Crippen LogP) is 5.53. The zero-order valence-corrected chi connectivity index (χ0v) is 24.5. The first-order valence-electron chi connectivity index (χ1n) is 13.4. The van der Waals surface area contributed by atoms with Crippen LogP contribution in [0.4, 0.5) is 17.6 Å². The van der Waals surface area contributed by atoms with Crippen molar-refractivity contribution < 1.29 is 37.0 Å². The Labute approximate surface area is 257 Å². The van der Waals surface area contributed by atoms with Crippen molar-refractivity contribution in [3.05, 3.63) is 75.0 Å². The number of alkyl halides is 2. The fraction of sp³-hybridized carbons (Fsp3) is 0.310. The lowest BCUT2D eigenvalue weighted by atomic mass is 9.90. The molecule has 2 amide bonds. The van der Waals surface area contributed by atoms with Gasteiger partial charge in [0.15, 0.2) is 5.82 Å². The van der Waals surface area contributed by atoms with Gasteiger partial charge >= 0.3 is 6.55 Å². The number of ether oxygens (including phenoxy) is 1. The van der Waals surface area contributed by atoms with Crippen molar-refractivity contribution in [3.8, 4) is 17.0 Å². The lowest BCUT2D eigenvalue weighted by Crippen LogP contribution is -2.43. The van der Waals surface area contributed by atoms with Crippen molar-refractivity contribution in [2.75, 3.05) is 13.2 Å². The highest BCUT2D eigenvalue weighted by atomic mass is 35.5. The van der Waals surface area contributed by atoms with E-state index in [0.717, 1.165) is 18.3 Å².